The van der Waals surface area contributed by atoms with Crippen LogP contribution in [0.1, 0.15) is 42.4 Å². The van der Waals surface area contributed by atoms with Crippen LogP contribution >= 0.6 is 11.6 Å². The Labute approximate surface area is 130 Å². The fourth-order valence-electron chi connectivity index (χ4n) is 2.60. The molecule has 4 nitrogen and oxygen atoms in total. The van der Waals surface area contributed by atoms with Crippen LogP contribution in [0, 0.1) is 0 Å². The van der Waals surface area contributed by atoms with Gasteiger partial charge in [-0.2, -0.15) is 0 Å². The van der Waals surface area contributed by atoms with E-state index in [-0.39, 0.29) is 0 Å². The van der Waals surface area contributed by atoms with E-state index >= 15 is 0 Å². The molecule has 1 aliphatic heterocycles. The van der Waals surface area contributed by atoms with Crippen molar-refractivity contribution in [3.63, 3.8) is 0 Å². The van der Waals surface area contributed by atoms with Gasteiger partial charge in [-0.1, -0.05) is 25.4 Å². The number of hydrogen-bond acceptors (Lipinski definition) is 4. The lowest BCUT2D eigenvalue weighted by Gasteiger charge is -2.28. The Balaban J connectivity index is 1.73. The van der Waals surface area contributed by atoms with Crippen molar-refractivity contribution in [3.05, 3.63) is 52.3 Å². The minimum Gasteiger partial charge on any atom is -0.294 e. The monoisotopic (exact) mass is 302 g/mol. The highest BCUT2D eigenvalue weighted by molar-refractivity contribution is 6.30. The van der Waals surface area contributed by atoms with E-state index in [1.165, 1.54) is 11.3 Å². The number of pyridine rings is 1. The van der Waals surface area contributed by atoms with Gasteiger partial charge in [-0.15, -0.1) is 0 Å². The van der Waals surface area contributed by atoms with Gasteiger partial charge in [0, 0.05) is 61.8 Å². The van der Waals surface area contributed by atoms with Crippen LogP contribution in [0.5, 0.6) is 0 Å². The molecular formula is C16H19ClN4. The van der Waals surface area contributed by atoms with Crippen molar-refractivity contribution in [2.75, 3.05) is 6.54 Å². The largest absolute Gasteiger partial charge is 0.294 e. The van der Waals surface area contributed by atoms with Crippen LogP contribution in [0.15, 0.2) is 24.7 Å². The second-order valence-electron chi connectivity index (χ2n) is 5.83. The lowest BCUT2D eigenvalue weighted by atomic mass is 10.1. The highest BCUT2D eigenvalue weighted by Gasteiger charge is 2.19. The Morgan fingerprint density at radius 2 is 2.14 bits per heavy atom. The lowest BCUT2D eigenvalue weighted by Crippen LogP contribution is -2.31. The van der Waals surface area contributed by atoms with Crippen LogP contribution in [0.2, 0.25) is 5.02 Å². The van der Waals surface area contributed by atoms with Gasteiger partial charge in [-0.25, -0.2) is 9.97 Å². The first-order valence-electron chi connectivity index (χ1n) is 7.28. The van der Waals surface area contributed by atoms with E-state index in [0.717, 1.165) is 37.4 Å². The average molecular weight is 303 g/mol. The second-order valence-corrected chi connectivity index (χ2v) is 6.26. The van der Waals surface area contributed by atoms with E-state index in [1.54, 1.807) is 6.20 Å². The van der Waals surface area contributed by atoms with Crippen LogP contribution in [0.25, 0.3) is 0 Å². The summed E-state index contributed by atoms with van der Waals surface area (Å²) in [6.07, 6.45) is 6.50. The Hall–Kier alpha value is -1.52. The summed E-state index contributed by atoms with van der Waals surface area (Å²) >= 11 is 5.99. The molecule has 0 aromatic carbocycles. The Bertz CT molecular complexity index is 642. The Morgan fingerprint density at radius 1 is 1.29 bits per heavy atom. The van der Waals surface area contributed by atoms with Gasteiger partial charge in [-0.05, 0) is 11.6 Å². The van der Waals surface area contributed by atoms with Crippen molar-refractivity contribution in [2.24, 2.45) is 0 Å². The first-order chi connectivity index (χ1) is 10.1. The number of nitrogens with zero attached hydrogens (tertiary/aromatic N) is 4. The van der Waals surface area contributed by atoms with Crippen molar-refractivity contribution in [3.8, 4) is 0 Å². The van der Waals surface area contributed by atoms with Crippen molar-refractivity contribution < 1.29 is 0 Å². The van der Waals surface area contributed by atoms with E-state index in [0.29, 0.717) is 10.9 Å². The fourth-order valence-corrected chi connectivity index (χ4v) is 2.80. The minimum atomic E-state index is 0.380. The van der Waals surface area contributed by atoms with Crippen molar-refractivity contribution in [1.29, 1.82) is 0 Å². The molecular weight excluding hydrogens is 284 g/mol. The van der Waals surface area contributed by atoms with Gasteiger partial charge in [0.1, 0.15) is 5.82 Å². The molecule has 0 saturated heterocycles. The fraction of sp³-hybridized carbons (Fsp3) is 0.438. The summed E-state index contributed by atoms with van der Waals surface area (Å²) in [6, 6.07) is 1.97. The summed E-state index contributed by atoms with van der Waals surface area (Å²) in [4.78, 5) is 15.7. The highest BCUT2D eigenvalue weighted by Crippen LogP contribution is 2.21. The maximum atomic E-state index is 5.99. The van der Waals surface area contributed by atoms with Crippen molar-refractivity contribution in [2.45, 2.75) is 39.3 Å². The van der Waals surface area contributed by atoms with Crippen LogP contribution in [-0.4, -0.2) is 26.4 Å². The molecule has 5 heteroatoms. The van der Waals surface area contributed by atoms with E-state index < -0.39 is 0 Å². The molecule has 0 N–H and O–H groups in total. The van der Waals surface area contributed by atoms with Crippen LogP contribution in [-0.2, 0) is 19.5 Å². The SMILES string of the molecule is CC(C)c1ncc2c(n1)CCN(Cc1cncc(Cl)c1)C2. The third kappa shape index (κ3) is 3.39. The van der Waals surface area contributed by atoms with Crippen LogP contribution in [0.4, 0.5) is 0 Å². The van der Waals surface area contributed by atoms with Gasteiger partial charge in [-0.3, -0.25) is 9.88 Å². The summed E-state index contributed by atoms with van der Waals surface area (Å²) in [5.74, 6) is 1.33. The normalized spacial score (nSPS) is 15.2. The molecule has 21 heavy (non-hydrogen) atoms. The molecule has 0 amide bonds. The maximum absolute atomic E-state index is 5.99. The second kappa shape index (κ2) is 6.08. The molecule has 0 atom stereocenters. The molecule has 110 valence electrons. The molecule has 0 saturated carbocycles. The van der Waals surface area contributed by atoms with Gasteiger partial charge in [0.25, 0.3) is 0 Å². The molecule has 0 radical (unpaired) electrons. The van der Waals surface area contributed by atoms with E-state index in [2.05, 4.69) is 28.7 Å². The number of rotatable bonds is 3. The van der Waals surface area contributed by atoms with Gasteiger partial charge < -0.3 is 0 Å². The third-order valence-corrected chi connectivity index (χ3v) is 3.92. The third-order valence-electron chi connectivity index (χ3n) is 3.72. The molecule has 0 fully saturated rings. The predicted octanol–water partition coefficient (Wildman–Crippen LogP) is 3.21. The van der Waals surface area contributed by atoms with Gasteiger partial charge in [0.2, 0.25) is 0 Å². The zero-order chi connectivity index (χ0) is 14.8. The Morgan fingerprint density at radius 3 is 2.90 bits per heavy atom. The van der Waals surface area contributed by atoms with Gasteiger partial charge in [0.05, 0.1) is 5.02 Å². The zero-order valence-corrected chi connectivity index (χ0v) is 13.1. The van der Waals surface area contributed by atoms with Gasteiger partial charge in [0.15, 0.2) is 0 Å². The number of hydrogen-bond donors (Lipinski definition) is 0. The summed E-state index contributed by atoms with van der Waals surface area (Å²) in [5.41, 5.74) is 3.58. The molecule has 3 rings (SSSR count). The standard InChI is InChI=1S/C16H19ClN4/c1-11(2)16-19-7-13-10-21(4-3-15(13)20-16)9-12-5-14(17)8-18-6-12/h5-8,11H,3-4,9-10H2,1-2H3. The zero-order valence-electron chi connectivity index (χ0n) is 12.4. The highest BCUT2D eigenvalue weighted by atomic mass is 35.5. The summed E-state index contributed by atoms with van der Waals surface area (Å²) in [6.45, 7) is 7.01. The molecule has 1 aliphatic rings. The summed E-state index contributed by atoms with van der Waals surface area (Å²) in [7, 11) is 0. The van der Waals surface area contributed by atoms with Crippen LogP contribution < -0.4 is 0 Å². The summed E-state index contributed by atoms with van der Waals surface area (Å²) in [5, 5.41) is 0.690. The molecule has 2 aromatic rings. The molecule has 0 aliphatic carbocycles. The van der Waals surface area contributed by atoms with Gasteiger partial charge >= 0.3 is 0 Å². The average Bonchev–Trinajstić information content (AvgIpc) is 2.46. The van der Waals surface area contributed by atoms with E-state index in [1.807, 2.05) is 18.5 Å². The van der Waals surface area contributed by atoms with Crippen molar-refractivity contribution in [1.82, 2.24) is 19.9 Å². The maximum Gasteiger partial charge on any atom is 0.131 e. The number of fused-ring (bicyclic) bond motifs is 1. The molecule has 0 bridgehead atoms. The van der Waals surface area contributed by atoms with E-state index in [9.17, 15) is 0 Å². The number of aromatic nitrogens is 3. The molecule has 0 unspecified atom stereocenters. The quantitative estimate of drug-likeness (QED) is 0.873. The summed E-state index contributed by atoms with van der Waals surface area (Å²) < 4.78 is 0. The topological polar surface area (TPSA) is 41.9 Å². The smallest absolute Gasteiger partial charge is 0.131 e. The minimum absolute atomic E-state index is 0.380. The predicted molar refractivity (Wildman–Crippen MR) is 83.2 cm³/mol. The first kappa shape index (κ1) is 14.4. The molecule has 2 aromatic heterocycles. The lowest BCUT2D eigenvalue weighted by molar-refractivity contribution is 0.242. The Kier molecular flexibility index (Phi) is 4.17. The molecule has 0 spiro atoms. The first-order valence-corrected chi connectivity index (χ1v) is 7.66. The van der Waals surface area contributed by atoms with Crippen molar-refractivity contribution >= 4 is 11.6 Å². The number of halogens is 1. The molecule has 3 heterocycles. The van der Waals surface area contributed by atoms with E-state index in [4.69, 9.17) is 16.6 Å². The van der Waals surface area contributed by atoms with Crippen LogP contribution in [0.3, 0.4) is 0 Å².